The fraction of sp³-hybridized carbons (Fsp3) is 0.579. The first kappa shape index (κ1) is 20.2. The minimum Gasteiger partial charge on any atom is -0.478 e. The van der Waals surface area contributed by atoms with Crippen molar-refractivity contribution in [3.05, 3.63) is 36.1 Å². The lowest BCUT2D eigenvalue weighted by molar-refractivity contribution is -0.132. The first-order chi connectivity index (χ1) is 11.5. The van der Waals surface area contributed by atoms with Crippen molar-refractivity contribution in [2.75, 3.05) is 19.6 Å². The third-order valence-electron chi connectivity index (χ3n) is 3.75. The van der Waals surface area contributed by atoms with Gasteiger partial charge in [0.05, 0.1) is 11.8 Å². The van der Waals surface area contributed by atoms with Gasteiger partial charge in [-0.3, -0.25) is 0 Å². The molecule has 5 nitrogen and oxygen atoms in total. The molecule has 0 unspecified atom stereocenters. The number of rotatable bonds is 11. The Hall–Kier alpha value is -1.88. The zero-order valence-electron chi connectivity index (χ0n) is 15.3. The summed E-state index contributed by atoms with van der Waals surface area (Å²) >= 11 is 0. The number of aliphatic carboxylic acids is 1. The van der Waals surface area contributed by atoms with E-state index in [1.807, 2.05) is 13.8 Å². The van der Waals surface area contributed by atoms with Crippen LogP contribution in [0.25, 0.3) is 5.57 Å². The Labute approximate surface area is 145 Å². The second-order valence-electron chi connectivity index (χ2n) is 6.19. The number of oxazole rings is 1. The standard InChI is InChI=1S/C19H30N2O3/c1-5-10-21(11-6-2)12-7-8-16(19(22)23)14-17(15(3)4)18-20-9-13-24-18/h8-9,13-15H,5-7,10-12H2,1-4H3,(H,22,23)/b16-8+,17-14+. The van der Waals surface area contributed by atoms with Gasteiger partial charge in [-0.15, -0.1) is 0 Å². The average Bonchev–Trinajstić information content (AvgIpc) is 3.04. The summed E-state index contributed by atoms with van der Waals surface area (Å²) in [5, 5.41) is 9.50. The molecule has 134 valence electrons. The molecule has 0 bridgehead atoms. The number of allylic oxidation sites excluding steroid dienone is 1. The molecule has 0 radical (unpaired) electrons. The average molecular weight is 334 g/mol. The van der Waals surface area contributed by atoms with Gasteiger partial charge in [-0.2, -0.15) is 0 Å². The lowest BCUT2D eigenvalue weighted by atomic mass is 9.99. The largest absolute Gasteiger partial charge is 0.478 e. The SMILES string of the molecule is CCCN(CCC)CC/C=C(\C=C(\c1ncco1)C(C)C)C(=O)O. The van der Waals surface area contributed by atoms with Crippen LogP contribution in [0, 0.1) is 5.92 Å². The van der Waals surface area contributed by atoms with Crippen molar-refractivity contribution in [2.24, 2.45) is 5.92 Å². The van der Waals surface area contributed by atoms with Crippen LogP contribution in [-0.4, -0.2) is 40.6 Å². The third-order valence-corrected chi connectivity index (χ3v) is 3.75. The summed E-state index contributed by atoms with van der Waals surface area (Å²) in [5.41, 5.74) is 1.09. The topological polar surface area (TPSA) is 66.6 Å². The highest BCUT2D eigenvalue weighted by Gasteiger charge is 2.14. The van der Waals surface area contributed by atoms with Crippen molar-refractivity contribution in [3.8, 4) is 0 Å². The van der Waals surface area contributed by atoms with E-state index in [1.54, 1.807) is 18.3 Å². The summed E-state index contributed by atoms with van der Waals surface area (Å²) in [4.78, 5) is 18.1. The van der Waals surface area contributed by atoms with Crippen LogP contribution in [0.1, 0.15) is 52.8 Å². The van der Waals surface area contributed by atoms with Crippen molar-refractivity contribution in [3.63, 3.8) is 0 Å². The zero-order chi connectivity index (χ0) is 17.9. The first-order valence-electron chi connectivity index (χ1n) is 8.76. The number of hydrogen-bond acceptors (Lipinski definition) is 4. The monoisotopic (exact) mass is 334 g/mol. The minimum absolute atomic E-state index is 0.128. The van der Waals surface area contributed by atoms with Gasteiger partial charge in [-0.1, -0.05) is 33.8 Å². The molecule has 0 aliphatic rings. The van der Waals surface area contributed by atoms with E-state index in [-0.39, 0.29) is 5.92 Å². The molecular weight excluding hydrogens is 304 g/mol. The van der Waals surface area contributed by atoms with E-state index in [4.69, 9.17) is 4.42 Å². The van der Waals surface area contributed by atoms with Crippen molar-refractivity contribution in [2.45, 2.75) is 47.0 Å². The Morgan fingerprint density at radius 1 is 1.29 bits per heavy atom. The summed E-state index contributed by atoms with van der Waals surface area (Å²) < 4.78 is 5.34. The van der Waals surface area contributed by atoms with Crippen molar-refractivity contribution in [1.29, 1.82) is 0 Å². The van der Waals surface area contributed by atoms with Gasteiger partial charge in [-0.25, -0.2) is 9.78 Å². The van der Waals surface area contributed by atoms with E-state index < -0.39 is 5.97 Å². The maximum absolute atomic E-state index is 11.6. The summed E-state index contributed by atoms with van der Waals surface area (Å²) in [6, 6.07) is 0. The molecule has 24 heavy (non-hydrogen) atoms. The van der Waals surface area contributed by atoms with E-state index in [0.717, 1.165) is 44.5 Å². The number of carbonyl (C=O) groups is 1. The van der Waals surface area contributed by atoms with E-state index in [1.165, 1.54) is 6.26 Å². The predicted octanol–water partition coefficient (Wildman–Crippen LogP) is 4.24. The highest BCUT2D eigenvalue weighted by atomic mass is 16.4. The molecule has 1 N–H and O–H groups in total. The summed E-state index contributed by atoms with van der Waals surface area (Å²) in [7, 11) is 0. The molecule has 0 fully saturated rings. The highest BCUT2D eigenvalue weighted by molar-refractivity contribution is 5.92. The molecular formula is C19H30N2O3. The van der Waals surface area contributed by atoms with Crippen LogP contribution >= 0.6 is 0 Å². The molecule has 0 aromatic carbocycles. The van der Waals surface area contributed by atoms with E-state index in [0.29, 0.717) is 11.5 Å². The first-order valence-corrected chi connectivity index (χ1v) is 8.76. The number of carboxylic acid groups (broad SMARTS) is 1. The Morgan fingerprint density at radius 2 is 1.96 bits per heavy atom. The summed E-state index contributed by atoms with van der Waals surface area (Å²) in [6.45, 7) is 11.3. The maximum atomic E-state index is 11.6. The fourth-order valence-corrected chi connectivity index (χ4v) is 2.59. The van der Waals surface area contributed by atoms with Gasteiger partial charge in [-0.05, 0) is 44.3 Å². The van der Waals surface area contributed by atoms with E-state index in [9.17, 15) is 9.90 Å². The molecule has 1 aromatic rings. The lowest BCUT2D eigenvalue weighted by Crippen LogP contribution is -2.26. The minimum atomic E-state index is -0.919. The number of carboxylic acids is 1. The second kappa shape index (κ2) is 10.8. The molecule has 0 atom stereocenters. The third kappa shape index (κ3) is 6.71. The Balaban J connectivity index is 2.88. The van der Waals surface area contributed by atoms with Crippen LogP contribution in [0.4, 0.5) is 0 Å². The van der Waals surface area contributed by atoms with Crippen LogP contribution in [0.2, 0.25) is 0 Å². The Bertz CT molecular complexity index is 539. The normalized spacial score (nSPS) is 13.1. The molecule has 0 spiro atoms. The Kier molecular flexibility index (Phi) is 9.08. The molecule has 0 saturated heterocycles. The quantitative estimate of drug-likeness (QED) is 0.484. The van der Waals surface area contributed by atoms with Gasteiger partial charge in [0.25, 0.3) is 0 Å². The molecule has 0 aliphatic heterocycles. The van der Waals surface area contributed by atoms with Gasteiger partial charge in [0.15, 0.2) is 0 Å². The number of hydrogen-bond donors (Lipinski definition) is 1. The predicted molar refractivity (Wildman–Crippen MR) is 96.7 cm³/mol. The molecule has 5 heteroatoms. The highest BCUT2D eigenvalue weighted by Crippen LogP contribution is 2.23. The van der Waals surface area contributed by atoms with Crippen LogP contribution in [0.15, 0.2) is 34.6 Å². The van der Waals surface area contributed by atoms with Gasteiger partial charge in [0.1, 0.15) is 6.26 Å². The number of nitrogens with zero attached hydrogens (tertiary/aromatic N) is 2. The van der Waals surface area contributed by atoms with E-state index >= 15 is 0 Å². The molecule has 0 aliphatic carbocycles. The van der Waals surface area contributed by atoms with Gasteiger partial charge >= 0.3 is 5.97 Å². The zero-order valence-corrected chi connectivity index (χ0v) is 15.3. The second-order valence-corrected chi connectivity index (χ2v) is 6.19. The lowest BCUT2D eigenvalue weighted by Gasteiger charge is -2.19. The van der Waals surface area contributed by atoms with Crippen molar-refractivity contribution in [1.82, 2.24) is 9.88 Å². The smallest absolute Gasteiger partial charge is 0.335 e. The van der Waals surface area contributed by atoms with Crippen molar-refractivity contribution >= 4 is 11.5 Å². The maximum Gasteiger partial charge on any atom is 0.335 e. The molecule has 1 heterocycles. The van der Waals surface area contributed by atoms with Gasteiger partial charge in [0.2, 0.25) is 5.89 Å². The molecule has 1 aromatic heterocycles. The molecule has 0 saturated carbocycles. The van der Waals surface area contributed by atoms with Crippen LogP contribution in [-0.2, 0) is 4.79 Å². The molecule has 0 amide bonds. The fourth-order valence-electron chi connectivity index (χ4n) is 2.59. The number of aromatic nitrogens is 1. The van der Waals surface area contributed by atoms with Crippen LogP contribution < -0.4 is 0 Å². The summed E-state index contributed by atoms with van der Waals surface area (Å²) in [6.07, 6.45) is 9.49. The summed E-state index contributed by atoms with van der Waals surface area (Å²) in [5.74, 6) is -0.309. The van der Waals surface area contributed by atoms with Crippen molar-refractivity contribution < 1.29 is 14.3 Å². The van der Waals surface area contributed by atoms with E-state index in [2.05, 4.69) is 23.7 Å². The van der Waals surface area contributed by atoms with Gasteiger partial charge in [0, 0.05) is 12.1 Å². The van der Waals surface area contributed by atoms with Crippen LogP contribution in [0.3, 0.4) is 0 Å². The molecule has 1 rings (SSSR count). The van der Waals surface area contributed by atoms with Gasteiger partial charge < -0.3 is 14.4 Å². The Morgan fingerprint density at radius 3 is 2.42 bits per heavy atom. The van der Waals surface area contributed by atoms with Crippen LogP contribution in [0.5, 0.6) is 0 Å².